The molecular weight excluding hydrogens is 308 g/mol. The standard InChI is InChI=1S/C22H18N2O/c25-22(24-15-16-6-7-19-12-13-23-21(19)14-16)20-10-8-18(9-11-20)17-4-2-1-3-5-17/h1-14,23H,15H2,(H,24,25). The molecule has 0 aliphatic carbocycles. The molecular formula is C22H18N2O. The molecule has 25 heavy (non-hydrogen) atoms. The fourth-order valence-corrected chi connectivity index (χ4v) is 2.93. The molecule has 0 saturated heterocycles. The van der Waals surface area contributed by atoms with E-state index in [4.69, 9.17) is 0 Å². The first kappa shape index (κ1) is 15.2. The van der Waals surface area contributed by atoms with Crippen LogP contribution in [0, 0.1) is 0 Å². The quantitative estimate of drug-likeness (QED) is 0.558. The maximum atomic E-state index is 12.4. The van der Waals surface area contributed by atoms with Crippen molar-refractivity contribution in [1.29, 1.82) is 0 Å². The maximum absolute atomic E-state index is 12.4. The zero-order valence-corrected chi connectivity index (χ0v) is 13.7. The molecule has 3 nitrogen and oxygen atoms in total. The number of carbonyl (C=O) groups is 1. The average Bonchev–Trinajstić information content (AvgIpc) is 3.15. The Morgan fingerprint density at radius 2 is 1.60 bits per heavy atom. The van der Waals surface area contributed by atoms with Crippen LogP contribution in [0.2, 0.25) is 0 Å². The summed E-state index contributed by atoms with van der Waals surface area (Å²) in [6.45, 7) is 0.508. The monoisotopic (exact) mass is 326 g/mol. The SMILES string of the molecule is O=C(NCc1ccc2cc[nH]c2c1)c1ccc(-c2ccccc2)cc1. The summed E-state index contributed by atoms with van der Waals surface area (Å²) < 4.78 is 0. The van der Waals surface area contributed by atoms with Gasteiger partial charge in [0.15, 0.2) is 0 Å². The number of H-pyrrole nitrogens is 1. The molecule has 0 unspecified atom stereocenters. The fourth-order valence-electron chi connectivity index (χ4n) is 2.93. The zero-order chi connectivity index (χ0) is 17.1. The molecule has 3 heteroatoms. The van der Waals surface area contributed by atoms with Gasteiger partial charge in [0.25, 0.3) is 5.91 Å². The number of hydrogen-bond donors (Lipinski definition) is 2. The highest BCUT2D eigenvalue weighted by Crippen LogP contribution is 2.19. The van der Waals surface area contributed by atoms with Crippen molar-refractivity contribution < 1.29 is 4.79 Å². The van der Waals surface area contributed by atoms with E-state index in [1.807, 2.05) is 60.8 Å². The molecule has 0 bridgehead atoms. The molecule has 122 valence electrons. The number of benzene rings is 3. The molecule has 0 fully saturated rings. The van der Waals surface area contributed by atoms with Crippen LogP contribution >= 0.6 is 0 Å². The van der Waals surface area contributed by atoms with Gasteiger partial charge in [-0.2, -0.15) is 0 Å². The van der Waals surface area contributed by atoms with Gasteiger partial charge in [-0.15, -0.1) is 0 Å². The van der Waals surface area contributed by atoms with Crippen LogP contribution in [0.15, 0.2) is 85.1 Å². The summed E-state index contributed by atoms with van der Waals surface area (Å²) in [6.07, 6.45) is 1.92. The van der Waals surface area contributed by atoms with Crippen LogP contribution in [0.5, 0.6) is 0 Å². The van der Waals surface area contributed by atoms with Gasteiger partial charge in [0, 0.05) is 23.8 Å². The van der Waals surface area contributed by atoms with Crippen molar-refractivity contribution in [2.24, 2.45) is 0 Å². The lowest BCUT2D eigenvalue weighted by atomic mass is 10.0. The summed E-state index contributed by atoms with van der Waals surface area (Å²) in [6, 6.07) is 26.0. The van der Waals surface area contributed by atoms with E-state index in [0.717, 1.165) is 22.2 Å². The van der Waals surface area contributed by atoms with Crippen molar-refractivity contribution in [2.75, 3.05) is 0 Å². The Morgan fingerprint density at radius 3 is 2.40 bits per heavy atom. The Kier molecular flexibility index (Phi) is 4.05. The Bertz CT molecular complexity index is 1000. The van der Waals surface area contributed by atoms with Crippen LogP contribution in [0.25, 0.3) is 22.0 Å². The van der Waals surface area contributed by atoms with Gasteiger partial charge in [-0.3, -0.25) is 4.79 Å². The van der Waals surface area contributed by atoms with Crippen LogP contribution in [0.4, 0.5) is 0 Å². The van der Waals surface area contributed by atoms with Gasteiger partial charge < -0.3 is 10.3 Å². The van der Waals surface area contributed by atoms with Gasteiger partial charge >= 0.3 is 0 Å². The topological polar surface area (TPSA) is 44.9 Å². The van der Waals surface area contributed by atoms with Crippen molar-refractivity contribution >= 4 is 16.8 Å². The Hall–Kier alpha value is -3.33. The van der Waals surface area contributed by atoms with E-state index in [0.29, 0.717) is 12.1 Å². The van der Waals surface area contributed by atoms with Gasteiger partial charge in [0.1, 0.15) is 0 Å². The van der Waals surface area contributed by atoms with E-state index in [2.05, 4.69) is 34.6 Å². The normalized spacial score (nSPS) is 10.7. The van der Waals surface area contributed by atoms with Crippen molar-refractivity contribution in [3.63, 3.8) is 0 Å². The number of nitrogens with one attached hydrogen (secondary N) is 2. The third-order valence-corrected chi connectivity index (χ3v) is 4.33. The largest absolute Gasteiger partial charge is 0.361 e. The Morgan fingerprint density at radius 1 is 0.840 bits per heavy atom. The minimum Gasteiger partial charge on any atom is -0.361 e. The molecule has 4 aromatic rings. The fraction of sp³-hybridized carbons (Fsp3) is 0.0455. The summed E-state index contributed by atoms with van der Waals surface area (Å²) >= 11 is 0. The first-order chi connectivity index (χ1) is 12.3. The van der Waals surface area contributed by atoms with Crippen molar-refractivity contribution in [2.45, 2.75) is 6.54 Å². The lowest BCUT2D eigenvalue weighted by Gasteiger charge is -2.07. The first-order valence-electron chi connectivity index (χ1n) is 8.29. The molecule has 1 heterocycles. The predicted molar refractivity (Wildman–Crippen MR) is 101 cm³/mol. The molecule has 2 N–H and O–H groups in total. The molecule has 0 aliphatic heterocycles. The third-order valence-electron chi connectivity index (χ3n) is 4.33. The van der Waals surface area contributed by atoms with E-state index in [9.17, 15) is 4.79 Å². The number of rotatable bonds is 4. The Labute approximate surface area is 146 Å². The summed E-state index contributed by atoms with van der Waals surface area (Å²) in [5.74, 6) is -0.0637. The molecule has 3 aromatic carbocycles. The van der Waals surface area contributed by atoms with Gasteiger partial charge in [0.2, 0.25) is 0 Å². The van der Waals surface area contributed by atoms with E-state index >= 15 is 0 Å². The predicted octanol–water partition coefficient (Wildman–Crippen LogP) is 4.76. The number of fused-ring (bicyclic) bond motifs is 1. The first-order valence-corrected chi connectivity index (χ1v) is 8.29. The second kappa shape index (κ2) is 6.65. The Balaban J connectivity index is 1.44. The number of carbonyl (C=O) groups excluding carboxylic acids is 1. The van der Waals surface area contributed by atoms with E-state index in [1.165, 1.54) is 5.39 Å². The second-order valence-electron chi connectivity index (χ2n) is 6.03. The van der Waals surface area contributed by atoms with Crippen LogP contribution in [-0.2, 0) is 6.54 Å². The van der Waals surface area contributed by atoms with Gasteiger partial charge in [0.05, 0.1) is 0 Å². The number of aromatic nitrogens is 1. The van der Waals surface area contributed by atoms with Crippen molar-refractivity contribution in [3.8, 4) is 11.1 Å². The highest BCUT2D eigenvalue weighted by atomic mass is 16.1. The lowest BCUT2D eigenvalue weighted by Crippen LogP contribution is -2.22. The second-order valence-corrected chi connectivity index (χ2v) is 6.03. The molecule has 1 aromatic heterocycles. The molecule has 4 rings (SSSR count). The van der Waals surface area contributed by atoms with Gasteiger partial charge in [-0.25, -0.2) is 0 Å². The minimum atomic E-state index is -0.0637. The zero-order valence-electron chi connectivity index (χ0n) is 13.7. The van der Waals surface area contributed by atoms with E-state index in [1.54, 1.807) is 0 Å². The van der Waals surface area contributed by atoms with Crippen molar-refractivity contribution in [3.05, 3.63) is 96.2 Å². The highest BCUT2D eigenvalue weighted by molar-refractivity contribution is 5.94. The number of amides is 1. The van der Waals surface area contributed by atoms with Gasteiger partial charge in [-0.1, -0.05) is 54.6 Å². The summed E-state index contributed by atoms with van der Waals surface area (Å²) in [5.41, 5.74) is 5.08. The van der Waals surface area contributed by atoms with Crippen LogP contribution in [-0.4, -0.2) is 10.9 Å². The maximum Gasteiger partial charge on any atom is 0.251 e. The number of hydrogen-bond acceptors (Lipinski definition) is 1. The molecule has 0 spiro atoms. The van der Waals surface area contributed by atoms with Crippen LogP contribution in [0.1, 0.15) is 15.9 Å². The molecule has 1 amide bonds. The van der Waals surface area contributed by atoms with Crippen molar-refractivity contribution in [1.82, 2.24) is 10.3 Å². The summed E-state index contributed by atoms with van der Waals surface area (Å²) in [7, 11) is 0. The highest BCUT2D eigenvalue weighted by Gasteiger charge is 2.06. The van der Waals surface area contributed by atoms with Crippen LogP contribution in [0.3, 0.4) is 0 Å². The van der Waals surface area contributed by atoms with E-state index in [-0.39, 0.29) is 5.91 Å². The summed E-state index contributed by atoms with van der Waals surface area (Å²) in [5, 5.41) is 4.15. The average molecular weight is 326 g/mol. The van der Waals surface area contributed by atoms with Gasteiger partial charge in [-0.05, 0) is 46.3 Å². The minimum absolute atomic E-state index is 0.0637. The number of aromatic amines is 1. The molecule has 0 saturated carbocycles. The third kappa shape index (κ3) is 3.31. The molecule has 0 atom stereocenters. The smallest absolute Gasteiger partial charge is 0.251 e. The van der Waals surface area contributed by atoms with E-state index < -0.39 is 0 Å². The lowest BCUT2D eigenvalue weighted by molar-refractivity contribution is 0.0951. The van der Waals surface area contributed by atoms with Crippen LogP contribution < -0.4 is 5.32 Å². The molecule has 0 aliphatic rings. The summed E-state index contributed by atoms with van der Waals surface area (Å²) in [4.78, 5) is 15.5. The molecule has 0 radical (unpaired) electrons.